The summed E-state index contributed by atoms with van der Waals surface area (Å²) in [7, 11) is 0. The molecule has 0 rings (SSSR count). The van der Waals surface area contributed by atoms with E-state index in [1.165, 1.54) is 0 Å². The highest BCUT2D eigenvalue weighted by Gasteiger charge is 2.12. The first-order chi connectivity index (χ1) is 8.41. The van der Waals surface area contributed by atoms with Gasteiger partial charge in [0.15, 0.2) is 0 Å². The van der Waals surface area contributed by atoms with Crippen molar-refractivity contribution in [1.29, 1.82) is 0 Å². The van der Waals surface area contributed by atoms with Gasteiger partial charge in [0.05, 0.1) is 33.0 Å². The molecule has 3 unspecified atom stereocenters. The van der Waals surface area contributed by atoms with Crippen LogP contribution >= 0.6 is 0 Å². The van der Waals surface area contributed by atoms with Gasteiger partial charge in [-0.15, -0.1) is 0 Å². The van der Waals surface area contributed by atoms with Crippen molar-refractivity contribution in [3.8, 4) is 0 Å². The van der Waals surface area contributed by atoms with Gasteiger partial charge in [0, 0.05) is 18.1 Å². The molecule has 6 nitrogen and oxygen atoms in total. The Morgan fingerprint density at radius 3 is 1.18 bits per heavy atom. The quantitative estimate of drug-likeness (QED) is 0.536. The van der Waals surface area contributed by atoms with Crippen LogP contribution in [0.5, 0.6) is 0 Å². The summed E-state index contributed by atoms with van der Waals surface area (Å²) in [6, 6.07) is 0.0301. The number of nitrogens with two attached hydrogens (primary N) is 3. The highest BCUT2D eigenvalue weighted by Crippen LogP contribution is 1.98. The molecule has 0 radical (unpaired) electrons. The summed E-state index contributed by atoms with van der Waals surface area (Å²) < 4.78 is 16.5. The van der Waals surface area contributed by atoms with Gasteiger partial charge < -0.3 is 31.4 Å². The molecule has 0 amide bonds. The topological polar surface area (TPSA) is 106 Å². The Morgan fingerprint density at radius 1 is 0.591 bits per heavy atom. The van der Waals surface area contributed by atoms with Crippen molar-refractivity contribution in [2.75, 3.05) is 33.0 Å². The summed E-state index contributed by atoms with van der Waals surface area (Å²) in [5.41, 5.74) is 16.9. The Balaban J connectivity index is -0.000000241. The standard InChI is InChI=1S/C12H29N3O3.4CH4/c1-9(13)4-16-7-12(18-6-11(3)15)8-17-5-10(2)14;;;;/h9-12H,4-8,13-15H2,1-3H3;4*1H4. The van der Waals surface area contributed by atoms with E-state index in [1.807, 2.05) is 20.8 Å². The lowest BCUT2D eigenvalue weighted by molar-refractivity contribution is -0.0644. The first kappa shape index (κ1) is 33.4. The normalized spacial score (nSPS) is 15.0. The molecule has 0 aromatic carbocycles. The molecule has 0 bridgehead atoms. The SMILES string of the molecule is C.C.C.C.CC(N)COCC(COCC(C)N)OCC(C)N. The molecular formula is C16H45N3O3. The zero-order valence-electron chi connectivity index (χ0n) is 11.8. The molecule has 0 saturated heterocycles. The van der Waals surface area contributed by atoms with Crippen LogP contribution in [-0.2, 0) is 14.2 Å². The molecule has 3 atom stereocenters. The maximum atomic E-state index is 5.65. The molecule has 0 saturated carbocycles. The average Bonchev–Trinajstić information content (AvgIpc) is 2.24. The molecule has 0 aliphatic rings. The molecular weight excluding hydrogens is 282 g/mol. The first-order valence-corrected chi connectivity index (χ1v) is 6.45. The van der Waals surface area contributed by atoms with Crippen molar-refractivity contribution in [3.63, 3.8) is 0 Å². The van der Waals surface area contributed by atoms with Crippen molar-refractivity contribution < 1.29 is 14.2 Å². The van der Waals surface area contributed by atoms with Crippen LogP contribution in [0.3, 0.4) is 0 Å². The van der Waals surface area contributed by atoms with Crippen molar-refractivity contribution >= 4 is 0 Å². The number of ether oxygens (including phenoxy) is 3. The molecule has 22 heavy (non-hydrogen) atoms. The third-order valence-electron chi connectivity index (χ3n) is 1.96. The molecule has 6 N–H and O–H groups in total. The van der Waals surface area contributed by atoms with Gasteiger partial charge in [0.1, 0.15) is 6.10 Å². The van der Waals surface area contributed by atoms with Gasteiger partial charge in [-0.2, -0.15) is 0 Å². The molecule has 0 aliphatic heterocycles. The Labute approximate surface area is 140 Å². The van der Waals surface area contributed by atoms with E-state index < -0.39 is 0 Å². The fraction of sp³-hybridized carbons (Fsp3) is 1.00. The zero-order valence-corrected chi connectivity index (χ0v) is 11.8. The third kappa shape index (κ3) is 24.8. The van der Waals surface area contributed by atoms with Gasteiger partial charge in [0.25, 0.3) is 0 Å². The van der Waals surface area contributed by atoms with E-state index in [2.05, 4.69) is 0 Å². The molecule has 0 fully saturated rings. The first-order valence-electron chi connectivity index (χ1n) is 6.45. The maximum Gasteiger partial charge on any atom is 0.104 e. The fourth-order valence-corrected chi connectivity index (χ4v) is 1.20. The van der Waals surface area contributed by atoms with Gasteiger partial charge in [-0.3, -0.25) is 0 Å². The lowest BCUT2D eigenvalue weighted by Gasteiger charge is -2.20. The minimum atomic E-state index is -0.131. The van der Waals surface area contributed by atoms with E-state index in [-0.39, 0.29) is 53.9 Å². The Kier molecular flexibility index (Phi) is 31.5. The second-order valence-electron chi connectivity index (χ2n) is 4.96. The van der Waals surface area contributed by atoms with Crippen molar-refractivity contribution in [3.05, 3.63) is 0 Å². The molecule has 142 valence electrons. The van der Waals surface area contributed by atoms with E-state index >= 15 is 0 Å². The minimum Gasteiger partial charge on any atom is -0.377 e. The summed E-state index contributed by atoms with van der Waals surface area (Å²) in [4.78, 5) is 0. The summed E-state index contributed by atoms with van der Waals surface area (Å²) in [6.07, 6.45) is -0.131. The van der Waals surface area contributed by atoms with E-state index in [0.717, 1.165) is 0 Å². The van der Waals surface area contributed by atoms with Gasteiger partial charge in [-0.25, -0.2) is 0 Å². The zero-order chi connectivity index (χ0) is 14.0. The molecule has 6 heteroatoms. The lowest BCUT2D eigenvalue weighted by Crippen LogP contribution is -2.34. The average molecular weight is 328 g/mol. The summed E-state index contributed by atoms with van der Waals surface area (Å²) in [6.45, 7) is 8.07. The van der Waals surface area contributed by atoms with Crippen LogP contribution in [0.2, 0.25) is 0 Å². The molecule has 0 heterocycles. The summed E-state index contributed by atoms with van der Waals surface area (Å²) in [5, 5.41) is 0. The minimum absolute atomic E-state index is 0. The summed E-state index contributed by atoms with van der Waals surface area (Å²) in [5.74, 6) is 0. The lowest BCUT2D eigenvalue weighted by atomic mass is 10.3. The monoisotopic (exact) mass is 327 g/mol. The predicted octanol–water partition coefficient (Wildman–Crippen LogP) is 1.99. The van der Waals surface area contributed by atoms with Gasteiger partial charge in [-0.05, 0) is 20.8 Å². The maximum absolute atomic E-state index is 5.65. The largest absolute Gasteiger partial charge is 0.377 e. The van der Waals surface area contributed by atoms with E-state index in [9.17, 15) is 0 Å². The van der Waals surface area contributed by atoms with E-state index in [4.69, 9.17) is 31.4 Å². The van der Waals surface area contributed by atoms with Crippen LogP contribution in [0.4, 0.5) is 0 Å². The Hall–Kier alpha value is -0.240. The fourth-order valence-electron chi connectivity index (χ4n) is 1.20. The van der Waals surface area contributed by atoms with Gasteiger partial charge in [0.2, 0.25) is 0 Å². The second-order valence-corrected chi connectivity index (χ2v) is 4.96. The van der Waals surface area contributed by atoms with Crippen LogP contribution < -0.4 is 17.2 Å². The van der Waals surface area contributed by atoms with Crippen molar-refractivity contribution in [2.45, 2.75) is 74.7 Å². The van der Waals surface area contributed by atoms with Gasteiger partial charge >= 0.3 is 0 Å². The highest BCUT2D eigenvalue weighted by atomic mass is 16.6. The molecule has 0 aromatic heterocycles. The Morgan fingerprint density at radius 2 is 0.909 bits per heavy atom. The van der Waals surface area contributed by atoms with Crippen LogP contribution in [0, 0.1) is 0 Å². The number of hydrogen-bond donors (Lipinski definition) is 3. The predicted molar refractivity (Wildman–Crippen MR) is 99.3 cm³/mol. The van der Waals surface area contributed by atoms with E-state index in [1.54, 1.807) is 0 Å². The van der Waals surface area contributed by atoms with Crippen LogP contribution in [0.15, 0.2) is 0 Å². The molecule has 0 spiro atoms. The van der Waals surface area contributed by atoms with Gasteiger partial charge in [-0.1, -0.05) is 29.7 Å². The van der Waals surface area contributed by atoms with Crippen LogP contribution in [0.25, 0.3) is 0 Å². The van der Waals surface area contributed by atoms with Crippen LogP contribution in [-0.4, -0.2) is 57.3 Å². The highest BCUT2D eigenvalue weighted by molar-refractivity contribution is 4.61. The van der Waals surface area contributed by atoms with Crippen molar-refractivity contribution in [2.24, 2.45) is 17.2 Å². The number of hydrogen-bond acceptors (Lipinski definition) is 6. The smallest absolute Gasteiger partial charge is 0.104 e. The van der Waals surface area contributed by atoms with Crippen LogP contribution in [0.1, 0.15) is 50.5 Å². The van der Waals surface area contributed by atoms with Crippen molar-refractivity contribution in [1.82, 2.24) is 0 Å². The Bertz CT molecular complexity index is 177. The second kappa shape index (κ2) is 20.8. The summed E-state index contributed by atoms with van der Waals surface area (Å²) >= 11 is 0. The molecule has 0 aromatic rings. The molecule has 0 aliphatic carbocycles. The van der Waals surface area contributed by atoms with E-state index in [0.29, 0.717) is 33.0 Å². The third-order valence-corrected chi connectivity index (χ3v) is 1.96. The number of rotatable bonds is 11.